The van der Waals surface area contributed by atoms with Gasteiger partial charge in [0.1, 0.15) is 5.60 Å². The maximum Gasteiger partial charge on any atom is 0.338 e. The van der Waals surface area contributed by atoms with Crippen molar-refractivity contribution < 1.29 is 9.53 Å². The van der Waals surface area contributed by atoms with Gasteiger partial charge in [-0.1, -0.05) is 55.5 Å². The standard InChI is InChI=1S/C28H29O2S/c1-21-14-17-23(20-21)28(2,3)30-27(29)22-15-18-26(19-16-22)31(24-10-6-4-7-11-24)25-12-8-5-9-13-25/h4-19,21,23H,20H2,1-3H3/q+1. The highest BCUT2D eigenvalue weighted by Crippen LogP contribution is 2.35. The second-order valence-electron chi connectivity index (χ2n) is 8.65. The summed E-state index contributed by atoms with van der Waals surface area (Å²) in [5.41, 5.74) is 0.0755. The van der Waals surface area contributed by atoms with Crippen LogP contribution in [0.1, 0.15) is 37.6 Å². The van der Waals surface area contributed by atoms with Crippen molar-refractivity contribution in [2.45, 2.75) is 47.5 Å². The van der Waals surface area contributed by atoms with Crippen LogP contribution in [0.25, 0.3) is 0 Å². The van der Waals surface area contributed by atoms with Crippen LogP contribution in [0.2, 0.25) is 0 Å². The summed E-state index contributed by atoms with van der Waals surface area (Å²) in [6.45, 7) is 6.22. The molecule has 4 rings (SSSR count). The summed E-state index contributed by atoms with van der Waals surface area (Å²) in [5.74, 6) is 0.535. The van der Waals surface area contributed by atoms with Gasteiger partial charge in [-0.25, -0.2) is 4.79 Å². The maximum atomic E-state index is 12.9. The number of rotatable bonds is 6. The highest BCUT2D eigenvalue weighted by Gasteiger charge is 2.35. The van der Waals surface area contributed by atoms with Crippen molar-refractivity contribution in [1.29, 1.82) is 0 Å². The first-order valence-electron chi connectivity index (χ1n) is 10.8. The lowest BCUT2D eigenvalue weighted by molar-refractivity contribution is -0.0211. The van der Waals surface area contributed by atoms with E-state index in [4.69, 9.17) is 4.74 Å². The third kappa shape index (κ3) is 4.94. The maximum absolute atomic E-state index is 12.9. The summed E-state index contributed by atoms with van der Waals surface area (Å²) >= 11 is 0. The minimum absolute atomic E-state index is 0.222. The van der Waals surface area contributed by atoms with Crippen molar-refractivity contribution in [2.75, 3.05) is 0 Å². The number of ether oxygens (including phenoxy) is 1. The summed E-state index contributed by atoms with van der Waals surface area (Å²) in [5, 5.41) is 0. The topological polar surface area (TPSA) is 26.3 Å². The molecule has 31 heavy (non-hydrogen) atoms. The van der Waals surface area contributed by atoms with Crippen molar-refractivity contribution >= 4 is 16.9 Å². The van der Waals surface area contributed by atoms with Gasteiger partial charge < -0.3 is 4.74 Å². The van der Waals surface area contributed by atoms with Gasteiger partial charge in [0.15, 0.2) is 14.7 Å². The van der Waals surface area contributed by atoms with E-state index in [1.54, 1.807) is 0 Å². The van der Waals surface area contributed by atoms with E-state index in [2.05, 4.69) is 79.7 Å². The molecule has 1 aliphatic rings. The first-order valence-corrected chi connectivity index (χ1v) is 12.0. The van der Waals surface area contributed by atoms with Gasteiger partial charge in [0.25, 0.3) is 0 Å². The molecule has 0 fully saturated rings. The minimum atomic E-state index is -0.518. The second-order valence-corrected chi connectivity index (χ2v) is 10.7. The molecule has 158 valence electrons. The molecule has 2 nitrogen and oxygen atoms in total. The molecular formula is C28H29O2S+. The Morgan fingerprint density at radius 1 is 0.806 bits per heavy atom. The first kappa shape index (κ1) is 21.5. The van der Waals surface area contributed by atoms with E-state index in [1.807, 2.05) is 38.1 Å². The lowest BCUT2D eigenvalue weighted by Gasteiger charge is -2.31. The molecule has 0 spiro atoms. The third-order valence-electron chi connectivity index (χ3n) is 5.83. The van der Waals surface area contributed by atoms with Gasteiger partial charge >= 0.3 is 5.97 Å². The molecule has 0 N–H and O–H groups in total. The Morgan fingerprint density at radius 2 is 1.32 bits per heavy atom. The van der Waals surface area contributed by atoms with Crippen molar-refractivity contribution in [3.8, 4) is 0 Å². The van der Waals surface area contributed by atoms with Crippen LogP contribution in [0.4, 0.5) is 0 Å². The number of carbonyl (C=O) groups is 1. The van der Waals surface area contributed by atoms with E-state index in [9.17, 15) is 4.79 Å². The molecule has 0 aliphatic heterocycles. The van der Waals surface area contributed by atoms with Crippen molar-refractivity contribution in [3.63, 3.8) is 0 Å². The van der Waals surface area contributed by atoms with E-state index in [0.717, 1.165) is 6.42 Å². The molecule has 3 heteroatoms. The summed E-state index contributed by atoms with van der Waals surface area (Å²) < 4.78 is 5.94. The number of allylic oxidation sites excluding steroid dienone is 1. The Kier molecular flexibility index (Phi) is 6.33. The average molecular weight is 430 g/mol. The molecular weight excluding hydrogens is 400 g/mol. The molecule has 3 aromatic rings. The quantitative estimate of drug-likeness (QED) is 0.241. The van der Waals surface area contributed by atoms with E-state index >= 15 is 0 Å². The smallest absolute Gasteiger partial charge is 0.338 e. The van der Waals surface area contributed by atoms with Crippen molar-refractivity contribution in [3.05, 3.63) is 103 Å². The predicted molar refractivity (Wildman–Crippen MR) is 127 cm³/mol. The normalized spacial score (nSPS) is 18.3. The van der Waals surface area contributed by atoms with Crippen molar-refractivity contribution in [2.24, 2.45) is 11.8 Å². The van der Waals surface area contributed by atoms with Gasteiger partial charge in [-0.15, -0.1) is 0 Å². The molecule has 1 aliphatic carbocycles. The van der Waals surface area contributed by atoms with Crippen LogP contribution >= 0.6 is 0 Å². The summed E-state index contributed by atoms with van der Waals surface area (Å²) in [7, 11) is -0.222. The lowest BCUT2D eigenvalue weighted by Crippen LogP contribution is -2.35. The van der Waals surface area contributed by atoms with Gasteiger partial charge in [0, 0.05) is 5.92 Å². The van der Waals surface area contributed by atoms with Crippen LogP contribution in [-0.2, 0) is 15.6 Å². The number of hydrogen-bond acceptors (Lipinski definition) is 2. The molecule has 2 unspecified atom stereocenters. The number of carbonyl (C=O) groups excluding carboxylic acids is 1. The molecule has 0 aromatic heterocycles. The fourth-order valence-corrected chi connectivity index (χ4v) is 6.10. The zero-order valence-electron chi connectivity index (χ0n) is 18.3. The Hall–Kier alpha value is -2.78. The second kappa shape index (κ2) is 9.15. The average Bonchev–Trinajstić information content (AvgIpc) is 3.23. The van der Waals surface area contributed by atoms with E-state index in [0.29, 0.717) is 11.5 Å². The molecule has 0 saturated heterocycles. The number of benzene rings is 3. The Labute approximate surface area is 188 Å². The van der Waals surface area contributed by atoms with Crippen LogP contribution in [-0.4, -0.2) is 11.6 Å². The van der Waals surface area contributed by atoms with Gasteiger partial charge in [-0.2, -0.15) is 0 Å². The number of esters is 1. The fraction of sp³-hybridized carbons (Fsp3) is 0.250. The van der Waals surface area contributed by atoms with E-state index < -0.39 is 5.60 Å². The molecule has 2 atom stereocenters. The zero-order valence-corrected chi connectivity index (χ0v) is 19.1. The van der Waals surface area contributed by atoms with Crippen LogP contribution in [0.15, 0.2) is 112 Å². The first-order chi connectivity index (χ1) is 14.9. The Balaban J connectivity index is 1.56. The molecule has 0 radical (unpaired) electrons. The Bertz CT molecular complexity index is 1000. The van der Waals surface area contributed by atoms with Crippen LogP contribution in [0.3, 0.4) is 0 Å². The zero-order chi connectivity index (χ0) is 21.8. The lowest BCUT2D eigenvalue weighted by atomic mass is 9.88. The van der Waals surface area contributed by atoms with Crippen LogP contribution in [0.5, 0.6) is 0 Å². The van der Waals surface area contributed by atoms with Gasteiger partial charge in [0.05, 0.1) is 16.5 Å². The monoisotopic (exact) mass is 429 g/mol. The van der Waals surface area contributed by atoms with E-state index in [-0.39, 0.29) is 22.8 Å². The minimum Gasteiger partial charge on any atom is -0.455 e. The molecule has 0 saturated carbocycles. The van der Waals surface area contributed by atoms with Gasteiger partial charge in [-0.3, -0.25) is 0 Å². The van der Waals surface area contributed by atoms with Crippen molar-refractivity contribution in [1.82, 2.24) is 0 Å². The largest absolute Gasteiger partial charge is 0.455 e. The van der Waals surface area contributed by atoms with E-state index in [1.165, 1.54) is 14.7 Å². The predicted octanol–water partition coefficient (Wildman–Crippen LogP) is 6.93. The highest BCUT2D eigenvalue weighted by molar-refractivity contribution is 7.97. The Morgan fingerprint density at radius 3 is 1.81 bits per heavy atom. The number of hydrogen-bond donors (Lipinski definition) is 0. The fourth-order valence-electron chi connectivity index (χ4n) is 4.02. The molecule has 0 amide bonds. The van der Waals surface area contributed by atoms with Crippen LogP contribution in [0, 0.1) is 11.8 Å². The highest BCUT2D eigenvalue weighted by atomic mass is 32.2. The molecule has 0 bridgehead atoms. The van der Waals surface area contributed by atoms with Crippen LogP contribution < -0.4 is 0 Å². The molecule has 0 heterocycles. The van der Waals surface area contributed by atoms with Gasteiger partial charge in [0.2, 0.25) is 0 Å². The summed E-state index contributed by atoms with van der Waals surface area (Å²) in [4.78, 5) is 16.6. The molecule has 3 aromatic carbocycles. The summed E-state index contributed by atoms with van der Waals surface area (Å²) in [6.07, 6.45) is 5.42. The SMILES string of the molecule is CC1C=CC(C(C)(C)OC(=O)c2ccc([S+](c3ccccc3)c3ccccc3)cc2)C1. The van der Waals surface area contributed by atoms with Gasteiger partial charge in [-0.05, 0) is 74.7 Å². The summed E-state index contributed by atoms with van der Waals surface area (Å²) in [6, 6.07) is 28.9. The third-order valence-corrected chi connectivity index (χ3v) is 8.06.